The molecule has 0 aliphatic heterocycles. The van der Waals surface area contributed by atoms with E-state index in [4.69, 9.17) is 0 Å². The van der Waals surface area contributed by atoms with E-state index in [1.807, 2.05) is 26.0 Å². The van der Waals surface area contributed by atoms with Crippen molar-refractivity contribution in [2.24, 2.45) is 0 Å². The van der Waals surface area contributed by atoms with Gasteiger partial charge in [0, 0.05) is 31.2 Å². The quantitative estimate of drug-likeness (QED) is 0.695. The van der Waals surface area contributed by atoms with Gasteiger partial charge in [0.1, 0.15) is 6.54 Å². The van der Waals surface area contributed by atoms with E-state index in [0.717, 1.165) is 21.2 Å². The first kappa shape index (κ1) is 18.9. The maximum atomic E-state index is 12.7. The molecule has 3 rings (SSSR count). The molecule has 27 heavy (non-hydrogen) atoms. The van der Waals surface area contributed by atoms with Crippen LogP contribution in [0, 0.1) is 13.8 Å². The van der Waals surface area contributed by atoms with E-state index >= 15 is 0 Å². The molecule has 0 spiro atoms. The van der Waals surface area contributed by atoms with Crippen molar-refractivity contribution in [1.29, 1.82) is 0 Å². The van der Waals surface area contributed by atoms with Gasteiger partial charge in [0.15, 0.2) is 0 Å². The first-order valence-corrected chi connectivity index (χ1v) is 8.28. The fraction of sp³-hybridized carbons (Fsp3) is 0.316. The first-order valence-electron chi connectivity index (χ1n) is 8.28. The molecule has 2 aromatic heterocycles. The van der Waals surface area contributed by atoms with Crippen LogP contribution >= 0.6 is 0 Å². The van der Waals surface area contributed by atoms with Gasteiger partial charge in [-0.15, -0.1) is 0 Å². The number of alkyl halides is 3. The Morgan fingerprint density at radius 3 is 2.52 bits per heavy atom. The molecule has 0 unspecified atom stereocenters. The Bertz CT molecular complexity index is 1020. The summed E-state index contributed by atoms with van der Waals surface area (Å²) in [6, 6.07) is 5.46. The molecule has 0 atom stereocenters. The number of aromatic nitrogens is 3. The van der Waals surface area contributed by atoms with E-state index in [1.54, 1.807) is 20.2 Å². The van der Waals surface area contributed by atoms with Crippen molar-refractivity contribution in [2.75, 3.05) is 14.1 Å². The van der Waals surface area contributed by atoms with Gasteiger partial charge in [-0.25, -0.2) is 4.98 Å². The minimum Gasteiger partial charge on any atom is -0.345 e. The molecule has 0 saturated carbocycles. The molecular weight excluding hydrogens is 357 g/mol. The normalized spacial score (nSPS) is 11.8. The van der Waals surface area contributed by atoms with Crippen LogP contribution in [0.3, 0.4) is 0 Å². The van der Waals surface area contributed by atoms with Gasteiger partial charge in [0.25, 0.3) is 5.91 Å². The fourth-order valence-electron chi connectivity index (χ4n) is 3.01. The smallest absolute Gasteiger partial charge is 0.345 e. The van der Waals surface area contributed by atoms with E-state index in [0.29, 0.717) is 22.3 Å². The zero-order valence-corrected chi connectivity index (χ0v) is 15.4. The van der Waals surface area contributed by atoms with Crippen LogP contribution in [0.5, 0.6) is 0 Å². The summed E-state index contributed by atoms with van der Waals surface area (Å²) in [7, 11) is 3.30. The fourth-order valence-corrected chi connectivity index (χ4v) is 3.01. The van der Waals surface area contributed by atoms with Gasteiger partial charge in [0.05, 0.1) is 23.0 Å². The van der Waals surface area contributed by atoms with E-state index in [1.165, 1.54) is 17.3 Å². The number of halogens is 3. The molecule has 0 saturated heterocycles. The van der Waals surface area contributed by atoms with Crippen molar-refractivity contribution >= 4 is 16.8 Å². The second-order valence-corrected chi connectivity index (χ2v) is 6.77. The molecule has 3 aromatic rings. The van der Waals surface area contributed by atoms with Crippen LogP contribution in [0.25, 0.3) is 22.2 Å². The molecule has 0 N–H and O–H groups in total. The molecule has 5 nitrogen and oxygen atoms in total. The Morgan fingerprint density at radius 1 is 1.19 bits per heavy atom. The van der Waals surface area contributed by atoms with Crippen molar-refractivity contribution in [3.8, 4) is 11.3 Å². The summed E-state index contributed by atoms with van der Waals surface area (Å²) in [5, 5.41) is 4.49. The summed E-state index contributed by atoms with van der Waals surface area (Å²) in [6.45, 7) is 2.65. The minimum atomic E-state index is -4.36. The molecular formula is C19H19F3N4O. The number of hydrogen-bond acceptors (Lipinski definition) is 3. The molecule has 0 aliphatic rings. The lowest BCUT2D eigenvalue weighted by Crippen LogP contribution is -2.22. The molecule has 2 heterocycles. The van der Waals surface area contributed by atoms with Crippen LogP contribution in [0.15, 0.2) is 30.6 Å². The number of nitrogens with zero attached hydrogens (tertiary/aromatic N) is 4. The average molecular weight is 376 g/mol. The molecule has 0 radical (unpaired) electrons. The maximum Gasteiger partial charge on any atom is 0.408 e. The third kappa shape index (κ3) is 3.94. The van der Waals surface area contributed by atoms with Gasteiger partial charge in [0.2, 0.25) is 0 Å². The lowest BCUT2D eigenvalue weighted by Gasteiger charge is -2.15. The van der Waals surface area contributed by atoms with Crippen LogP contribution in [0.2, 0.25) is 0 Å². The third-order valence-corrected chi connectivity index (χ3v) is 4.16. The zero-order valence-electron chi connectivity index (χ0n) is 15.4. The van der Waals surface area contributed by atoms with Gasteiger partial charge in [-0.1, -0.05) is 11.6 Å². The molecule has 1 aromatic carbocycles. The number of hydrogen-bond donors (Lipinski definition) is 0. The standard InChI is InChI=1S/C19H19F3N4O/c1-11-5-12(2)17-14(6-11)15(18(27)25(3)4)7-16(24-17)13-8-23-26(9-13)10-19(20,21)22/h5-9H,10H2,1-4H3. The van der Waals surface area contributed by atoms with Crippen LogP contribution in [0.1, 0.15) is 21.5 Å². The number of aryl methyl sites for hydroxylation is 2. The van der Waals surface area contributed by atoms with E-state index in [2.05, 4.69) is 10.1 Å². The molecule has 0 fully saturated rings. The second-order valence-electron chi connectivity index (χ2n) is 6.77. The first-order chi connectivity index (χ1) is 12.5. The Morgan fingerprint density at radius 2 is 1.89 bits per heavy atom. The summed E-state index contributed by atoms with van der Waals surface area (Å²) in [6.07, 6.45) is -1.75. The SMILES string of the molecule is Cc1cc(C)c2nc(-c3cnn(CC(F)(F)F)c3)cc(C(=O)N(C)C)c2c1. The largest absolute Gasteiger partial charge is 0.408 e. The summed E-state index contributed by atoms with van der Waals surface area (Å²) in [5.41, 5.74) is 3.83. The number of benzene rings is 1. The topological polar surface area (TPSA) is 51.0 Å². The number of rotatable bonds is 3. The third-order valence-electron chi connectivity index (χ3n) is 4.16. The molecule has 142 valence electrons. The monoisotopic (exact) mass is 376 g/mol. The highest BCUT2D eigenvalue weighted by Gasteiger charge is 2.28. The molecule has 1 amide bonds. The number of pyridine rings is 1. The lowest BCUT2D eigenvalue weighted by molar-refractivity contribution is -0.142. The van der Waals surface area contributed by atoms with E-state index in [-0.39, 0.29) is 5.91 Å². The number of fused-ring (bicyclic) bond motifs is 1. The lowest BCUT2D eigenvalue weighted by atomic mass is 10.00. The van der Waals surface area contributed by atoms with E-state index in [9.17, 15) is 18.0 Å². The van der Waals surface area contributed by atoms with E-state index < -0.39 is 12.7 Å². The van der Waals surface area contributed by atoms with Crippen molar-refractivity contribution in [3.63, 3.8) is 0 Å². The van der Waals surface area contributed by atoms with Gasteiger partial charge >= 0.3 is 6.18 Å². The van der Waals surface area contributed by atoms with Crippen LogP contribution in [-0.4, -0.2) is 45.8 Å². The minimum absolute atomic E-state index is 0.198. The zero-order chi connectivity index (χ0) is 19.9. The summed E-state index contributed by atoms with van der Waals surface area (Å²) in [4.78, 5) is 18.7. The predicted octanol–water partition coefficient (Wildman–Crippen LogP) is 3.98. The Kier molecular flexibility index (Phi) is 4.67. The Hall–Kier alpha value is -2.90. The molecule has 8 heteroatoms. The van der Waals surface area contributed by atoms with Crippen molar-refractivity contribution in [1.82, 2.24) is 19.7 Å². The van der Waals surface area contributed by atoms with Gasteiger partial charge < -0.3 is 4.90 Å². The highest BCUT2D eigenvalue weighted by Crippen LogP contribution is 2.29. The van der Waals surface area contributed by atoms with Crippen LogP contribution in [-0.2, 0) is 6.54 Å². The number of amides is 1. The van der Waals surface area contributed by atoms with Gasteiger partial charge in [-0.2, -0.15) is 18.3 Å². The van der Waals surface area contributed by atoms with Crippen molar-refractivity contribution in [2.45, 2.75) is 26.6 Å². The highest BCUT2D eigenvalue weighted by atomic mass is 19.4. The predicted molar refractivity (Wildman–Crippen MR) is 96.5 cm³/mol. The van der Waals surface area contributed by atoms with Crippen molar-refractivity contribution in [3.05, 3.63) is 47.3 Å². The second kappa shape index (κ2) is 6.68. The van der Waals surface area contributed by atoms with Crippen molar-refractivity contribution < 1.29 is 18.0 Å². The average Bonchev–Trinajstić information content (AvgIpc) is 2.99. The highest BCUT2D eigenvalue weighted by molar-refractivity contribution is 6.07. The maximum absolute atomic E-state index is 12.7. The molecule has 0 bridgehead atoms. The summed E-state index contributed by atoms with van der Waals surface area (Å²) >= 11 is 0. The van der Waals surface area contributed by atoms with Gasteiger partial charge in [-0.05, 0) is 31.5 Å². The van der Waals surface area contributed by atoms with Gasteiger partial charge in [-0.3, -0.25) is 9.48 Å². The van der Waals surface area contributed by atoms with Crippen LogP contribution < -0.4 is 0 Å². The Labute approximate surface area is 154 Å². The molecule has 0 aliphatic carbocycles. The van der Waals surface area contributed by atoms with Crippen LogP contribution in [0.4, 0.5) is 13.2 Å². The number of carbonyl (C=O) groups is 1. The number of carbonyl (C=O) groups excluding carboxylic acids is 1. The Balaban J connectivity index is 2.19. The summed E-state index contributed by atoms with van der Waals surface area (Å²) < 4.78 is 38.6. The summed E-state index contributed by atoms with van der Waals surface area (Å²) in [5.74, 6) is -0.198.